The van der Waals surface area contributed by atoms with Crippen LogP contribution in [0.3, 0.4) is 0 Å². The summed E-state index contributed by atoms with van der Waals surface area (Å²) in [7, 11) is 0. The minimum Gasteiger partial charge on any atom is -0.208 e. The minimum absolute atomic E-state index is 0.103. The molecule has 6 nitrogen and oxygen atoms in total. The molecule has 1 aliphatic rings. The first-order chi connectivity index (χ1) is 49.8. The van der Waals surface area contributed by atoms with Crippen LogP contribution < -0.4 is 0 Å². The quantitative estimate of drug-likeness (QED) is 0.128. The lowest BCUT2D eigenvalue weighted by atomic mass is 9.81. The van der Waals surface area contributed by atoms with Gasteiger partial charge in [-0.1, -0.05) is 299 Å². The maximum absolute atomic E-state index is 5.15. The van der Waals surface area contributed by atoms with Crippen LogP contribution in [0.15, 0.2) is 340 Å². The van der Waals surface area contributed by atoms with E-state index in [-0.39, 0.29) is 5.41 Å². The maximum atomic E-state index is 5.15. The number of fused-ring (bicyclic) bond motifs is 9. The van der Waals surface area contributed by atoms with Crippen molar-refractivity contribution in [1.29, 1.82) is 0 Å². The summed E-state index contributed by atoms with van der Waals surface area (Å²) in [6.07, 6.45) is 0. The number of nitrogens with zero attached hydrogens (tertiary/aromatic N) is 6. The Kier molecular flexibility index (Phi) is 15.5. The molecule has 0 unspecified atom stereocenters. The lowest BCUT2D eigenvalue weighted by Gasteiger charge is -2.22. The third kappa shape index (κ3) is 11.5. The molecule has 0 atom stereocenters. The van der Waals surface area contributed by atoms with Crippen molar-refractivity contribution < 1.29 is 0 Å². The standard InChI is InChI=1S/C48H33N3S.C45H29N3S/c1-48(2)41-22-11-9-18-37(41)38-25-24-32(29-42(38)48)33-26-34(36-20-13-21-40-39-19-10-12-23-43(39)52-44(36)40)28-35(27-33)47-50-45(30-14-5-3-6-15-30)49-46(51-47)31-16-7-4-8-17-31;1-4-13-30(14-5-1)31-23-25-32(26-24-31)35-27-36(38-20-12-21-40-39-19-10-11-22-41(39)49-42(38)40)29-37(28-35)45-47-43(33-15-6-2-7-16-33)46-44(48-45)34-17-8-3-9-18-34/h3-29H,1-2H3;1-29H. The molecule has 18 aromatic rings. The first kappa shape index (κ1) is 60.9. The molecule has 0 spiro atoms. The molecule has 0 saturated heterocycles. The summed E-state index contributed by atoms with van der Waals surface area (Å²) in [5, 5.41) is 5.13. The van der Waals surface area contributed by atoms with Crippen LogP contribution in [0.25, 0.3) is 175 Å². The third-order valence-corrected chi connectivity index (χ3v) is 21.9. The molecule has 0 fully saturated rings. The molecule has 4 aromatic heterocycles. The molecule has 4 heterocycles. The first-order valence-electron chi connectivity index (χ1n) is 34.0. The average Bonchev–Trinajstić information content (AvgIpc) is 1.65. The van der Waals surface area contributed by atoms with Crippen molar-refractivity contribution in [2.24, 2.45) is 0 Å². The minimum atomic E-state index is -0.103. The van der Waals surface area contributed by atoms with E-state index in [2.05, 4.69) is 257 Å². The van der Waals surface area contributed by atoms with Gasteiger partial charge >= 0.3 is 0 Å². The van der Waals surface area contributed by atoms with Gasteiger partial charge in [0.15, 0.2) is 34.9 Å². The Balaban J connectivity index is 0.000000145. The van der Waals surface area contributed by atoms with E-state index in [0.29, 0.717) is 34.9 Å². The zero-order valence-electron chi connectivity index (χ0n) is 55.3. The van der Waals surface area contributed by atoms with Crippen LogP contribution in [0.1, 0.15) is 25.0 Å². The van der Waals surface area contributed by atoms with Gasteiger partial charge in [-0.2, -0.15) is 0 Å². The molecule has 476 valence electrons. The van der Waals surface area contributed by atoms with Gasteiger partial charge in [-0.3, -0.25) is 0 Å². The summed E-state index contributed by atoms with van der Waals surface area (Å²) < 4.78 is 5.13. The van der Waals surface area contributed by atoms with Gasteiger partial charge in [0.2, 0.25) is 0 Å². The van der Waals surface area contributed by atoms with Crippen LogP contribution in [0.2, 0.25) is 0 Å². The van der Waals surface area contributed by atoms with Crippen molar-refractivity contribution >= 4 is 63.0 Å². The molecule has 0 saturated carbocycles. The van der Waals surface area contributed by atoms with Gasteiger partial charge in [-0.25, -0.2) is 29.9 Å². The predicted molar refractivity (Wildman–Crippen MR) is 423 cm³/mol. The van der Waals surface area contributed by atoms with E-state index >= 15 is 0 Å². The number of hydrogen-bond acceptors (Lipinski definition) is 8. The zero-order valence-corrected chi connectivity index (χ0v) is 57.0. The molecule has 101 heavy (non-hydrogen) atoms. The Hall–Kier alpha value is -12.5. The van der Waals surface area contributed by atoms with E-state index in [1.165, 1.54) is 90.4 Å². The van der Waals surface area contributed by atoms with E-state index in [9.17, 15) is 0 Å². The predicted octanol–water partition coefficient (Wildman–Crippen LogP) is 25.1. The second kappa shape index (κ2) is 25.8. The summed E-state index contributed by atoms with van der Waals surface area (Å²) in [4.78, 5) is 30.4. The first-order valence-corrected chi connectivity index (χ1v) is 35.7. The van der Waals surface area contributed by atoms with Crippen LogP contribution in [-0.4, -0.2) is 29.9 Å². The second-order valence-electron chi connectivity index (χ2n) is 26.1. The highest BCUT2D eigenvalue weighted by atomic mass is 32.1. The second-order valence-corrected chi connectivity index (χ2v) is 28.2. The molecule has 0 radical (unpaired) electrons. The van der Waals surface area contributed by atoms with Crippen LogP contribution in [0, 0.1) is 0 Å². The van der Waals surface area contributed by atoms with Crippen molar-refractivity contribution in [3.63, 3.8) is 0 Å². The molecular formula is C93H62N6S2. The number of rotatable bonds is 11. The van der Waals surface area contributed by atoms with Gasteiger partial charge in [0.05, 0.1) is 0 Å². The van der Waals surface area contributed by atoms with Crippen LogP contribution in [-0.2, 0) is 5.41 Å². The normalized spacial score (nSPS) is 12.1. The van der Waals surface area contributed by atoms with Crippen molar-refractivity contribution in [2.45, 2.75) is 19.3 Å². The topological polar surface area (TPSA) is 77.3 Å². The van der Waals surface area contributed by atoms with E-state index in [4.69, 9.17) is 29.9 Å². The summed E-state index contributed by atoms with van der Waals surface area (Å²) in [6.45, 7) is 4.68. The molecular weight excluding hydrogens is 1270 g/mol. The number of aromatic nitrogens is 6. The van der Waals surface area contributed by atoms with Crippen molar-refractivity contribution in [3.8, 4) is 135 Å². The number of hydrogen-bond donors (Lipinski definition) is 0. The number of benzene rings is 14. The fourth-order valence-corrected chi connectivity index (χ4v) is 16.8. The summed E-state index contributed by atoms with van der Waals surface area (Å²) in [6, 6.07) is 120. The number of thiophene rings is 2. The van der Waals surface area contributed by atoms with Crippen LogP contribution >= 0.6 is 22.7 Å². The van der Waals surface area contributed by atoms with Crippen molar-refractivity contribution in [2.75, 3.05) is 0 Å². The molecule has 8 heteroatoms. The van der Waals surface area contributed by atoms with Gasteiger partial charge < -0.3 is 0 Å². The van der Waals surface area contributed by atoms with E-state index < -0.39 is 0 Å². The van der Waals surface area contributed by atoms with Crippen molar-refractivity contribution in [3.05, 3.63) is 351 Å². The Morgan fingerprint density at radius 3 is 0.941 bits per heavy atom. The van der Waals surface area contributed by atoms with Crippen molar-refractivity contribution in [1.82, 2.24) is 29.9 Å². The fraction of sp³-hybridized carbons (Fsp3) is 0.0323. The fourth-order valence-electron chi connectivity index (χ4n) is 14.4. The highest BCUT2D eigenvalue weighted by Gasteiger charge is 2.35. The molecule has 0 bridgehead atoms. The monoisotopic (exact) mass is 1330 g/mol. The Morgan fingerprint density at radius 2 is 0.495 bits per heavy atom. The average molecular weight is 1330 g/mol. The summed E-state index contributed by atoms with van der Waals surface area (Å²) in [5.74, 6) is 3.89. The van der Waals surface area contributed by atoms with E-state index in [1.54, 1.807) is 0 Å². The molecule has 1 aliphatic carbocycles. The van der Waals surface area contributed by atoms with E-state index in [1.807, 2.05) is 120 Å². The molecule has 0 aliphatic heterocycles. The maximum Gasteiger partial charge on any atom is 0.164 e. The van der Waals surface area contributed by atoms with E-state index in [0.717, 1.165) is 61.2 Å². The summed E-state index contributed by atoms with van der Waals surface area (Å²) in [5.41, 5.74) is 22.5. The lowest BCUT2D eigenvalue weighted by Crippen LogP contribution is -2.14. The van der Waals surface area contributed by atoms with Crippen LogP contribution in [0.5, 0.6) is 0 Å². The largest absolute Gasteiger partial charge is 0.208 e. The van der Waals surface area contributed by atoms with Gasteiger partial charge in [0.1, 0.15) is 0 Å². The SMILES string of the molecule is CC1(C)c2ccccc2-c2ccc(-c3cc(-c4nc(-c5ccccc5)nc(-c5ccccc5)n4)cc(-c4cccc5c4sc4ccccc45)c3)cc21.c1ccc(-c2ccc(-c3cc(-c4nc(-c5ccccc5)nc(-c5ccccc5)n4)cc(-c4cccc5c4sc4ccccc45)c3)cc2)cc1. The van der Waals surface area contributed by atoms with Gasteiger partial charge in [-0.15, -0.1) is 22.7 Å². The summed E-state index contributed by atoms with van der Waals surface area (Å²) >= 11 is 3.70. The highest BCUT2D eigenvalue weighted by Crippen LogP contribution is 2.51. The molecule has 0 amide bonds. The van der Waals surface area contributed by atoms with Crippen LogP contribution in [0.4, 0.5) is 0 Å². The van der Waals surface area contributed by atoms with Gasteiger partial charge in [-0.05, 0) is 132 Å². The Labute approximate surface area is 594 Å². The molecule has 19 rings (SSSR count). The Morgan fingerprint density at radius 1 is 0.198 bits per heavy atom. The van der Waals surface area contributed by atoms with Gasteiger partial charge in [0, 0.05) is 79.1 Å². The highest BCUT2D eigenvalue weighted by molar-refractivity contribution is 7.26. The third-order valence-electron chi connectivity index (χ3n) is 19.5. The Bertz CT molecular complexity index is 6040. The molecule has 0 N–H and O–H groups in total. The zero-order chi connectivity index (χ0) is 67.4. The molecule has 14 aromatic carbocycles. The lowest BCUT2D eigenvalue weighted by molar-refractivity contribution is 0.660. The van der Waals surface area contributed by atoms with Gasteiger partial charge in [0.25, 0.3) is 0 Å². The smallest absolute Gasteiger partial charge is 0.164 e.